The average Bonchev–Trinajstić information content (AvgIpc) is 2.58. The second-order valence-electron chi connectivity index (χ2n) is 5.38. The molecule has 0 amide bonds. The minimum atomic E-state index is 0.526. The van der Waals surface area contributed by atoms with Gasteiger partial charge in [-0.25, -0.2) is 0 Å². The molecule has 1 aliphatic heterocycles. The Kier molecular flexibility index (Phi) is 8.22. The van der Waals surface area contributed by atoms with Crippen LogP contribution in [0, 0.1) is 5.41 Å². The lowest BCUT2D eigenvalue weighted by molar-refractivity contribution is 0.155. The first-order valence-corrected chi connectivity index (χ1v) is 9.40. The number of hydrogen-bond donors (Lipinski definition) is 0. The van der Waals surface area contributed by atoms with Crippen LogP contribution in [0.15, 0.2) is 0 Å². The van der Waals surface area contributed by atoms with Crippen molar-refractivity contribution < 1.29 is 0 Å². The van der Waals surface area contributed by atoms with Gasteiger partial charge in [-0.05, 0) is 37.0 Å². The first kappa shape index (κ1) is 15.8. The van der Waals surface area contributed by atoms with Gasteiger partial charge in [0.25, 0.3) is 0 Å². The Bertz CT molecular complexity index is 185. The molecule has 0 aliphatic carbocycles. The quantitative estimate of drug-likeness (QED) is 0.639. The molecule has 1 rings (SSSR count). The molecule has 0 atom stereocenters. The molecule has 102 valence electrons. The minimum Gasteiger partial charge on any atom is -0.302 e. The maximum absolute atomic E-state index is 3.79. The fourth-order valence-electron chi connectivity index (χ4n) is 2.95. The number of rotatable bonds is 7. The van der Waals surface area contributed by atoms with Crippen molar-refractivity contribution in [2.75, 3.05) is 36.5 Å². The van der Waals surface area contributed by atoms with Gasteiger partial charge in [-0.3, -0.25) is 0 Å². The highest BCUT2D eigenvalue weighted by Crippen LogP contribution is 2.33. The van der Waals surface area contributed by atoms with Gasteiger partial charge in [-0.1, -0.05) is 42.6 Å². The number of halogens is 1. The van der Waals surface area contributed by atoms with E-state index < -0.39 is 0 Å². The summed E-state index contributed by atoms with van der Waals surface area (Å²) in [6.07, 6.45) is 6.75. The predicted octanol–water partition coefficient (Wildman–Crippen LogP) is 4.41. The van der Waals surface area contributed by atoms with E-state index in [9.17, 15) is 0 Å². The third-order valence-corrected chi connectivity index (χ3v) is 5.96. The van der Waals surface area contributed by atoms with Gasteiger partial charge < -0.3 is 4.90 Å². The molecular weight excluding hydrogens is 294 g/mol. The fraction of sp³-hybridized carbons (Fsp3) is 1.00. The van der Waals surface area contributed by atoms with Crippen LogP contribution in [0.25, 0.3) is 0 Å². The molecule has 0 bridgehead atoms. The van der Waals surface area contributed by atoms with Crippen LogP contribution in [0.3, 0.4) is 0 Å². The van der Waals surface area contributed by atoms with Gasteiger partial charge in [0.1, 0.15) is 0 Å². The molecule has 1 aliphatic rings. The lowest BCUT2D eigenvalue weighted by Gasteiger charge is -2.37. The minimum absolute atomic E-state index is 0.526. The smallest absolute Gasteiger partial charge is 0.0100 e. The van der Waals surface area contributed by atoms with Crippen molar-refractivity contribution in [1.82, 2.24) is 4.90 Å². The maximum atomic E-state index is 3.79. The monoisotopic (exact) mass is 321 g/mol. The number of nitrogens with zero attached hydrogens (tertiary/aromatic N) is 1. The molecule has 1 heterocycles. The third kappa shape index (κ3) is 5.52. The van der Waals surface area contributed by atoms with Crippen LogP contribution in [0.4, 0.5) is 0 Å². The molecule has 0 aromatic heterocycles. The van der Waals surface area contributed by atoms with Gasteiger partial charge in [0.05, 0.1) is 0 Å². The SMILES string of the molecule is CCCC(CBr)(CCC)CN1CCCSCC1. The van der Waals surface area contributed by atoms with E-state index >= 15 is 0 Å². The molecular formula is C14H28BrNS. The molecule has 1 fully saturated rings. The Hall–Kier alpha value is 0.790. The van der Waals surface area contributed by atoms with Crippen molar-refractivity contribution in [2.24, 2.45) is 5.41 Å². The molecule has 0 N–H and O–H groups in total. The maximum Gasteiger partial charge on any atom is 0.0100 e. The van der Waals surface area contributed by atoms with Crippen LogP contribution < -0.4 is 0 Å². The zero-order valence-electron chi connectivity index (χ0n) is 11.5. The highest BCUT2D eigenvalue weighted by molar-refractivity contribution is 9.09. The fourth-order valence-corrected chi connectivity index (χ4v) is 4.61. The molecule has 1 nitrogen and oxygen atoms in total. The summed E-state index contributed by atoms with van der Waals surface area (Å²) in [6, 6.07) is 0. The van der Waals surface area contributed by atoms with Crippen molar-refractivity contribution in [3.05, 3.63) is 0 Å². The van der Waals surface area contributed by atoms with Crippen molar-refractivity contribution >= 4 is 27.7 Å². The highest BCUT2D eigenvalue weighted by atomic mass is 79.9. The molecule has 17 heavy (non-hydrogen) atoms. The van der Waals surface area contributed by atoms with Gasteiger partial charge >= 0.3 is 0 Å². The predicted molar refractivity (Wildman–Crippen MR) is 84.4 cm³/mol. The van der Waals surface area contributed by atoms with Crippen LogP contribution in [-0.2, 0) is 0 Å². The Balaban J connectivity index is 2.55. The zero-order valence-corrected chi connectivity index (χ0v) is 13.9. The summed E-state index contributed by atoms with van der Waals surface area (Å²) in [5.41, 5.74) is 0.526. The normalized spacial score (nSPS) is 19.2. The largest absolute Gasteiger partial charge is 0.302 e. The first-order valence-electron chi connectivity index (χ1n) is 7.12. The van der Waals surface area contributed by atoms with Crippen molar-refractivity contribution in [3.8, 4) is 0 Å². The molecule has 0 aromatic rings. The van der Waals surface area contributed by atoms with Gasteiger partial charge in [-0.15, -0.1) is 0 Å². The number of alkyl halides is 1. The lowest BCUT2D eigenvalue weighted by atomic mass is 9.80. The Morgan fingerprint density at radius 1 is 1.12 bits per heavy atom. The molecule has 0 aromatic carbocycles. The third-order valence-electron chi connectivity index (χ3n) is 3.72. The van der Waals surface area contributed by atoms with Crippen molar-refractivity contribution in [3.63, 3.8) is 0 Å². The summed E-state index contributed by atoms with van der Waals surface area (Å²) >= 11 is 5.92. The second-order valence-corrected chi connectivity index (χ2v) is 7.16. The lowest BCUT2D eigenvalue weighted by Crippen LogP contribution is -2.40. The van der Waals surface area contributed by atoms with Crippen molar-refractivity contribution in [2.45, 2.75) is 46.0 Å². The van der Waals surface area contributed by atoms with Crippen LogP contribution in [0.2, 0.25) is 0 Å². The van der Waals surface area contributed by atoms with E-state index in [4.69, 9.17) is 0 Å². The van der Waals surface area contributed by atoms with E-state index in [0.717, 1.165) is 0 Å². The Morgan fingerprint density at radius 3 is 2.41 bits per heavy atom. The van der Waals surface area contributed by atoms with Gasteiger partial charge in [0.15, 0.2) is 0 Å². The molecule has 0 spiro atoms. The van der Waals surface area contributed by atoms with E-state index in [1.54, 1.807) is 0 Å². The first-order chi connectivity index (χ1) is 8.26. The van der Waals surface area contributed by atoms with E-state index in [-0.39, 0.29) is 0 Å². The van der Waals surface area contributed by atoms with Crippen LogP contribution in [0.1, 0.15) is 46.0 Å². The Morgan fingerprint density at radius 2 is 1.82 bits per heavy atom. The molecule has 0 unspecified atom stereocenters. The highest BCUT2D eigenvalue weighted by Gasteiger charge is 2.29. The van der Waals surface area contributed by atoms with Crippen LogP contribution in [-0.4, -0.2) is 41.4 Å². The van der Waals surface area contributed by atoms with E-state index in [0.29, 0.717) is 5.41 Å². The second kappa shape index (κ2) is 8.82. The molecule has 0 radical (unpaired) electrons. The summed E-state index contributed by atoms with van der Waals surface area (Å²) in [5.74, 6) is 2.69. The number of thioether (sulfide) groups is 1. The van der Waals surface area contributed by atoms with E-state index in [1.165, 1.54) is 68.6 Å². The summed E-state index contributed by atoms with van der Waals surface area (Å²) < 4.78 is 0. The standard InChI is InChI=1S/C14H28BrNS/c1-3-6-14(12-15,7-4-2)13-16-8-5-10-17-11-9-16/h3-13H2,1-2H3. The summed E-state index contributed by atoms with van der Waals surface area (Å²) in [6.45, 7) is 8.57. The Labute approximate surface area is 120 Å². The zero-order chi connectivity index (χ0) is 12.6. The summed E-state index contributed by atoms with van der Waals surface area (Å²) in [7, 11) is 0. The summed E-state index contributed by atoms with van der Waals surface area (Å²) in [4.78, 5) is 2.71. The molecule has 1 saturated heterocycles. The van der Waals surface area contributed by atoms with Gasteiger partial charge in [0.2, 0.25) is 0 Å². The van der Waals surface area contributed by atoms with E-state index in [1.807, 2.05) is 0 Å². The van der Waals surface area contributed by atoms with E-state index in [2.05, 4.69) is 46.4 Å². The van der Waals surface area contributed by atoms with Crippen LogP contribution >= 0.6 is 27.7 Å². The van der Waals surface area contributed by atoms with Crippen molar-refractivity contribution in [1.29, 1.82) is 0 Å². The molecule has 0 saturated carbocycles. The summed E-state index contributed by atoms with van der Waals surface area (Å²) in [5, 5.41) is 1.17. The average molecular weight is 322 g/mol. The van der Waals surface area contributed by atoms with Gasteiger partial charge in [0, 0.05) is 24.2 Å². The van der Waals surface area contributed by atoms with Gasteiger partial charge in [-0.2, -0.15) is 11.8 Å². The number of hydrogen-bond acceptors (Lipinski definition) is 2. The topological polar surface area (TPSA) is 3.24 Å². The molecule has 3 heteroatoms. The van der Waals surface area contributed by atoms with Crippen LogP contribution in [0.5, 0.6) is 0 Å².